The van der Waals surface area contributed by atoms with Crippen molar-refractivity contribution in [2.24, 2.45) is 10.2 Å². The first-order chi connectivity index (χ1) is 12.7. The molecule has 0 bridgehead atoms. The van der Waals surface area contributed by atoms with Crippen LogP contribution in [0.1, 0.15) is 71.3 Å². The molecule has 2 rings (SSSR count). The van der Waals surface area contributed by atoms with Crippen LogP contribution < -0.4 is 5.73 Å². The molecule has 2 aromatic carbocycles. The molecule has 0 aliphatic carbocycles. The van der Waals surface area contributed by atoms with E-state index in [1.807, 2.05) is 36.4 Å². The summed E-state index contributed by atoms with van der Waals surface area (Å²) in [4.78, 5) is 0. The topological polar surface area (TPSA) is 50.7 Å². The lowest BCUT2D eigenvalue weighted by atomic mass is 10.1. The minimum absolute atomic E-state index is 0.737. The average Bonchev–Trinajstić information content (AvgIpc) is 2.67. The molecule has 2 N–H and O–H groups in total. The van der Waals surface area contributed by atoms with Crippen LogP contribution in [0.4, 0.5) is 17.1 Å². The number of hydrogen-bond acceptors (Lipinski definition) is 3. The second-order valence-electron chi connectivity index (χ2n) is 6.62. The Morgan fingerprint density at radius 3 is 1.58 bits per heavy atom. The highest BCUT2D eigenvalue weighted by molar-refractivity contribution is 5.48. The van der Waals surface area contributed by atoms with Gasteiger partial charge in [-0.2, -0.15) is 10.2 Å². The second kappa shape index (κ2) is 14.1. The number of anilines is 1. The number of rotatable bonds is 9. The van der Waals surface area contributed by atoms with Gasteiger partial charge in [0.15, 0.2) is 0 Å². The van der Waals surface area contributed by atoms with Crippen molar-refractivity contribution in [1.82, 2.24) is 0 Å². The Bertz CT molecular complexity index is 598. The highest BCUT2D eigenvalue weighted by Crippen LogP contribution is 2.20. The molecule has 0 radical (unpaired) electrons. The maximum Gasteiger partial charge on any atom is 0.0858 e. The summed E-state index contributed by atoms with van der Waals surface area (Å²) in [5.41, 5.74) is 9.44. The zero-order chi connectivity index (χ0) is 19.0. The van der Waals surface area contributed by atoms with Crippen molar-refractivity contribution >= 4 is 17.1 Å². The Morgan fingerprint density at radius 1 is 0.615 bits per heavy atom. The van der Waals surface area contributed by atoms with Gasteiger partial charge >= 0.3 is 0 Å². The van der Waals surface area contributed by atoms with Crippen LogP contribution in [0, 0.1) is 0 Å². The van der Waals surface area contributed by atoms with E-state index in [9.17, 15) is 0 Å². The normalized spacial score (nSPS) is 10.6. The summed E-state index contributed by atoms with van der Waals surface area (Å²) in [6.07, 6.45) is 10.4. The standard InChI is InChI=1S/C18H23N3.C5H12/c1-2-3-4-5-6-15-7-11-17(12-8-15)20-21-18-13-9-16(19)10-14-18;1-3-5-4-2/h7-14H,2-6,19H2,1H3;3-5H2,1-2H3. The number of benzene rings is 2. The van der Waals surface area contributed by atoms with Gasteiger partial charge in [-0.05, 0) is 54.8 Å². The third-order valence-electron chi connectivity index (χ3n) is 4.14. The molecular formula is C23H35N3. The number of hydrogen-bond donors (Lipinski definition) is 1. The molecule has 0 fully saturated rings. The minimum atomic E-state index is 0.737. The molecule has 142 valence electrons. The van der Waals surface area contributed by atoms with Crippen LogP contribution in [0.25, 0.3) is 0 Å². The van der Waals surface area contributed by atoms with Gasteiger partial charge in [-0.25, -0.2) is 0 Å². The molecule has 26 heavy (non-hydrogen) atoms. The SMILES string of the molecule is CCCCC.CCCCCCc1ccc(N=Nc2ccc(N)cc2)cc1. The van der Waals surface area contributed by atoms with E-state index < -0.39 is 0 Å². The molecule has 0 unspecified atom stereocenters. The Morgan fingerprint density at radius 2 is 1.12 bits per heavy atom. The monoisotopic (exact) mass is 353 g/mol. The maximum absolute atomic E-state index is 5.64. The van der Waals surface area contributed by atoms with Crippen molar-refractivity contribution in [3.05, 3.63) is 54.1 Å². The third kappa shape index (κ3) is 9.97. The van der Waals surface area contributed by atoms with Crippen molar-refractivity contribution < 1.29 is 0 Å². The quantitative estimate of drug-likeness (QED) is 0.277. The molecule has 0 atom stereocenters. The highest BCUT2D eigenvalue weighted by Gasteiger charge is 1.95. The van der Waals surface area contributed by atoms with Gasteiger partial charge in [-0.3, -0.25) is 0 Å². The van der Waals surface area contributed by atoms with Crippen LogP contribution >= 0.6 is 0 Å². The van der Waals surface area contributed by atoms with Crippen molar-refractivity contribution in [2.45, 2.75) is 72.1 Å². The molecular weight excluding hydrogens is 318 g/mol. The van der Waals surface area contributed by atoms with E-state index in [-0.39, 0.29) is 0 Å². The maximum atomic E-state index is 5.64. The number of nitrogen functional groups attached to an aromatic ring is 1. The van der Waals surface area contributed by atoms with Gasteiger partial charge in [0.2, 0.25) is 0 Å². The summed E-state index contributed by atoms with van der Waals surface area (Å²) in [5, 5.41) is 8.44. The Kier molecular flexibility index (Phi) is 11.8. The number of azo groups is 1. The molecule has 3 heteroatoms. The van der Waals surface area contributed by atoms with E-state index in [1.54, 1.807) is 0 Å². The lowest BCUT2D eigenvalue weighted by Gasteiger charge is -2.01. The van der Waals surface area contributed by atoms with Gasteiger partial charge in [0.25, 0.3) is 0 Å². The zero-order valence-corrected chi connectivity index (χ0v) is 16.7. The smallest absolute Gasteiger partial charge is 0.0858 e. The fourth-order valence-electron chi connectivity index (χ4n) is 2.50. The number of nitrogens with zero attached hydrogens (tertiary/aromatic N) is 2. The fourth-order valence-corrected chi connectivity index (χ4v) is 2.50. The summed E-state index contributed by atoms with van der Waals surface area (Å²) in [6, 6.07) is 15.7. The molecule has 0 aliphatic heterocycles. The van der Waals surface area contributed by atoms with Gasteiger partial charge in [0, 0.05) is 5.69 Å². The molecule has 0 saturated carbocycles. The van der Waals surface area contributed by atoms with Crippen LogP contribution in [-0.4, -0.2) is 0 Å². The summed E-state index contributed by atoms with van der Waals surface area (Å²) in [7, 11) is 0. The summed E-state index contributed by atoms with van der Waals surface area (Å²) < 4.78 is 0. The predicted octanol–water partition coefficient (Wildman–Crippen LogP) is 8.00. The zero-order valence-electron chi connectivity index (χ0n) is 16.7. The van der Waals surface area contributed by atoms with E-state index in [4.69, 9.17) is 5.73 Å². The van der Waals surface area contributed by atoms with E-state index in [1.165, 1.54) is 50.5 Å². The number of aryl methyl sites for hydroxylation is 1. The molecule has 0 spiro atoms. The van der Waals surface area contributed by atoms with Crippen molar-refractivity contribution in [3.8, 4) is 0 Å². The van der Waals surface area contributed by atoms with Crippen LogP contribution in [0.2, 0.25) is 0 Å². The first-order valence-electron chi connectivity index (χ1n) is 10.1. The fraction of sp³-hybridized carbons (Fsp3) is 0.478. The number of unbranched alkanes of at least 4 members (excludes halogenated alkanes) is 5. The highest BCUT2D eigenvalue weighted by atomic mass is 15.1. The van der Waals surface area contributed by atoms with Crippen LogP contribution in [0.3, 0.4) is 0 Å². The van der Waals surface area contributed by atoms with Gasteiger partial charge in [-0.15, -0.1) is 0 Å². The number of nitrogens with two attached hydrogens (primary N) is 1. The van der Waals surface area contributed by atoms with Crippen LogP contribution in [0.5, 0.6) is 0 Å². The Labute approximate surface area is 159 Å². The summed E-state index contributed by atoms with van der Waals surface area (Å²) in [6.45, 7) is 6.66. The van der Waals surface area contributed by atoms with Gasteiger partial charge in [0.1, 0.15) is 0 Å². The molecule has 0 aromatic heterocycles. The van der Waals surface area contributed by atoms with Crippen molar-refractivity contribution in [2.75, 3.05) is 5.73 Å². The molecule has 3 nitrogen and oxygen atoms in total. The van der Waals surface area contributed by atoms with E-state index in [0.29, 0.717) is 0 Å². The van der Waals surface area contributed by atoms with Crippen LogP contribution in [-0.2, 0) is 6.42 Å². The summed E-state index contributed by atoms with van der Waals surface area (Å²) >= 11 is 0. The largest absolute Gasteiger partial charge is 0.399 e. The Hall–Kier alpha value is -2.16. The average molecular weight is 354 g/mol. The molecule has 0 heterocycles. The second-order valence-corrected chi connectivity index (χ2v) is 6.62. The summed E-state index contributed by atoms with van der Waals surface area (Å²) in [5.74, 6) is 0. The molecule has 0 saturated heterocycles. The van der Waals surface area contributed by atoms with Crippen molar-refractivity contribution in [3.63, 3.8) is 0 Å². The van der Waals surface area contributed by atoms with Gasteiger partial charge < -0.3 is 5.73 Å². The minimum Gasteiger partial charge on any atom is -0.399 e. The first-order valence-corrected chi connectivity index (χ1v) is 10.1. The van der Waals surface area contributed by atoms with Crippen LogP contribution in [0.15, 0.2) is 58.8 Å². The van der Waals surface area contributed by atoms with Crippen molar-refractivity contribution in [1.29, 1.82) is 0 Å². The molecule has 0 amide bonds. The van der Waals surface area contributed by atoms with Gasteiger partial charge in [-0.1, -0.05) is 71.4 Å². The lowest BCUT2D eigenvalue weighted by Crippen LogP contribution is -1.84. The third-order valence-corrected chi connectivity index (χ3v) is 4.14. The van der Waals surface area contributed by atoms with E-state index >= 15 is 0 Å². The van der Waals surface area contributed by atoms with Gasteiger partial charge in [0.05, 0.1) is 11.4 Å². The molecule has 0 aliphatic rings. The first kappa shape index (κ1) is 21.9. The Balaban J connectivity index is 0.000000597. The predicted molar refractivity (Wildman–Crippen MR) is 115 cm³/mol. The lowest BCUT2D eigenvalue weighted by molar-refractivity contribution is 0.667. The van der Waals surface area contributed by atoms with E-state index in [0.717, 1.165) is 23.5 Å². The van der Waals surface area contributed by atoms with E-state index in [2.05, 4.69) is 43.1 Å². The molecule has 2 aromatic rings.